The van der Waals surface area contributed by atoms with Gasteiger partial charge >= 0.3 is 0 Å². The molecule has 1 aromatic rings. The van der Waals surface area contributed by atoms with Crippen LogP contribution in [-0.4, -0.2) is 5.91 Å². The van der Waals surface area contributed by atoms with Crippen molar-refractivity contribution >= 4 is 33.2 Å². The third-order valence-electron chi connectivity index (χ3n) is 2.91. The molecule has 0 aliphatic heterocycles. The van der Waals surface area contributed by atoms with E-state index in [0.29, 0.717) is 13.0 Å². The van der Waals surface area contributed by atoms with Gasteiger partial charge in [0.1, 0.15) is 0 Å². The van der Waals surface area contributed by atoms with Gasteiger partial charge < -0.3 is 5.32 Å². The van der Waals surface area contributed by atoms with Gasteiger partial charge in [-0.15, -0.1) is 11.3 Å². The number of rotatable bonds is 4. The van der Waals surface area contributed by atoms with E-state index in [0.717, 1.165) is 17.3 Å². The van der Waals surface area contributed by atoms with Gasteiger partial charge in [0.05, 0.1) is 6.54 Å². The molecule has 0 bridgehead atoms. The van der Waals surface area contributed by atoms with E-state index < -0.39 is 0 Å². The van der Waals surface area contributed by atoms with Gasteiger partial charge in [-0.25, -0.2) is 0 Å². The smallest absolute Gasteiger partial charge is 0.224 e. The van der Waals surface area contributed by atoms with E-state index in [1.165, 1.54) is 23.3 Å². The van der Waals surface area contributed by atoms with Gasteiger partial charge in [-0.1, -0.05) is 11.6 Å². The monoisotopic (exact) mass is 313 g/mol. The van der Waals surface area contributed by atoms with E-state index >= 15 is 0 Å². The topological polar surface area (TPSA) is 29.1 Å². The Morgan fingerprint density at radius 2 is 2.35 bits per heavy atom. The Morgan fingerprint density at radius 1 is 1.47 bits per heavy atom. The summed E-state index contributed by atoms with van der Waals surface area (Å²) in [6, 6.07) is 2.01. The highest BCUT2D eigenvalue weighted by atomic mass is 79.9. The second-order valence-corrected chi connectivity index (χ2v) is 6.11. The lowest BCUT2D eigenvalue weighted by atomic mass is 9.97. The number of thiophene rings is 1. The maximum Gasteiger partial charge on any atom is 0.224 e. The van der Waals surface area contributed by atoms with Gasteiger partial charge in [-0.2, -0.15) is 0 Å². The molecule has 0 radical (unpaired) electrons. The normalized spacial score (nSPS) is 15.5. The van der Waals surface area contributed by atoms with Gasteiger partial charge in [-0.05, 0) is 53.1 Å². The second kappa shape index (κ2) is 6.36. The van der Waals surface area contributed by atoms with Gasteiger partial charge in [0.2, 0.25) is 5.91 Å². The van der Waals surface area contributed by atoms with E-state index in [4.69, 9.17) is 0 Å². The lowest BCUT2D eigenvalue weighted by molar-refractivity contribution is -0.120. The van der Waals surface area contributed by atoms with Crippen molar-refractivity contribution in [1.82, 2.24) is 5.32 Å². The first kappa shape index (κ1) is 12.8. The molecule has 1 amide bonds. The average Bonchev–Trinajstić information content (AvgIpc) is 2.74. The van der Waals surface area contributed by atoms with Crippen LogP contribution >= 0.6 is 27.3 Å². The minimum absolute atomic E-state index is 0.137. The molecule has 92 valence electrons. The van der Waals surface area contributed by atoms with Crippen LogP contribution in [-0.2, 0) is 11.3 Å². The summed E-state index contributed by atoms with van der Waals surface area (Å²) in [5.41, 5.74) is 1.30. The van der Waals surface area contributed by atoms with Crippen LogP contribution in [0.15, 0.2) is 27.6 Å². The van der Waals surface area contributed by atoms with Crippen molar-refractivity contribution in [2.75, 3.05) is 0 Å². The Hall–Kier alpha value is -0.610. The van der Waals surface area contributed by atoms with E-state index in [1.54, 1.807) is 11.3 Å². The molecule has 0 atom stereocenters. The summed E-state index contributed by atoms with van der Waals surface area (Å²) < 4.78 is 1.08. The molecule has 0 saturated carbocycles. The Morgan fingerprint density at radius 3 is 3.00 bits per heavy atom. The van der Waals surface area contributed by atoms with Crippen LogP contribution in [0.1, 0.15) is 37.0 Å². The number of carbonyl (C=O) groups is 1. The highest BCUT2D eigenvalue weighted by Gasteiger charge is 2.09. The highest BCUT2D eigenvalue weighted by Crippen LogP contribution is 2.23. The largest absolute Gasteiger partial charge is 0.351 e. The molecular formula is C13H16BrNOS. The van der Waals surface area contributed by atoms with Crippen LogP contribution in [0.25, 0.3) is 0 Å². The number of carbonyl (C=O) groups excluding carboxylic acids is 1. The summed E-state index contributed by atoms with van der Waals surface area (Å²) >= 11 is 5.12. The quantitative estimate of drug-likeness (QED) is 0.836. The van der Waals surface area contributed by atoms with Crippen LogP contribution < -0.4 is 5.32 Å². The van der Waals surface area contributed by atoms with E-state index in [9.17, 15) is 4.79 Å². The zero-order valence-electron chi connectivity index (χ0n) is 9.67. The maximum atomic E-state index is 11.8. The predicted molar refractivity (Wildman–Crippen MR) is 75.0 cm³/mol. The fourth-order valence-electron chi connectivity index (χ4n) is 1.96. The maximum absolute atomic E-state index is 11.8. The Balaban J connectivity index is 1.78. The average molecular weight is 314 g/mol. The molecule has 4 heteroatoms. The minimum Gasteiger partial charge on any atom is -0.351 e. The molecule has 17 heavy (non-hydrogen) atoms. The lowest BCUT2D eigenvalue weighted by Gasteiger charge is -2.12. The van der Waals surface area contributed by atoms with Crippen molar-refractivity contribution in [3.05, 3.63) is 32.4 Å². The summed E-state index contributed by atoms with van der Waals surface area (Å²) in [6.07, 6.45) is 7.53. The van der Waals surface area contributed by atoms with Crippen molar-refractivity contribution in [2.45, 2.75) is 38.6 Å². The summed E-state index contributed by atoms with van der Waals surface area (Å²) in [4.78, 5) is 12.9. The molecular weight excluding hydrogens is 298 g/mol. The first-order chi connectivity index (χ1) is 8.25. The van der Waals surface area contributed by atoms with Crippen LogP contribution in [0.2, 0.25) is 0 Å². The SMILES string of the molecule is O=C(CC1=CCCCC1)NCc1sccc1Br. The number of nitrogens with one attached hydrogen (secondary N) is 1. The van der Waals surface area contributed by atoms with Crippen LogP contribution in [0.4, 0.5) is 0 Å². The molecule has 1 aliphatic carbocycles. The van der Waals surface area contributed by atoms with Gasteiger partial charge in [-0.3, -0.25) is 4.79 Å². The summed E-state index contributed by atoms with van der Waals surface area (Å²) in [5, 5.41) is 5.00. The highest BCUT2D eigenvalue weighted by molar-refractivity contribution is 9.10. The zero-order chi connectivity index (χ0) is 12.1. The molecule has 0 fully saturated rings. The molecule has 1 aromatic heterocycles. The van der Waals surface area contributed by atoms with Gasteiger partial charge in [0.25, 0.3) is 0 Å². The lowest BCUT2D eigenvalue weighted by Crippen LogP contribution is -2.22. The van der Waals surface area contributed by atoms with Gasteiger partial charge in [0.15, 0.2) is 0 Å². The Bertz CT molecular complexity index is 425. The molecule has 0 aromatic carbocycles. The van der Waals surface area contributed by atoms with Crippen LogP contribution in [0.3, 0.4) is 0 Å². The second-order valence-electron chi connectivity index (χ2n) is 4.25. The number of allylic oxidation sites excluding steroid dienone is 1. The van der Waals surface area contributed by atoms with Gasteiger partial charge in [0, 0.05) is 15.8 Å². The Kier molecular flexibility index (Phi) is 4.80. The molecule has 2 nitrogen and oxygen atoms in total. The fraction of sp³-hybridized carbons (Fsp3) is 0.462. The minimum atomic E-state index is 0.137. The number of hydrogen-bond donors (Lipinski definition) is 1. The zero-order valence-corrected chi connectivity index (χ0v) is 12.1. The number of hydrogen-bond acceptors (Lipinski definition) is 2. The summed E-state index contributed by atoms with van der Waals surface area (Å²) in [6.45, 7) is 0.629. The molecule has 0 saturated heterocycles. The molecule has 0 spiro atoms. The third kappa shape index (κ3) is 3.96. The molecule has 2 rings (SSSR count). The van der Waals surface area contributed by atoms with Crippen molar-refractivity contribution in [3.63, 3.8) is 0 Å². The van der Waals surface area contributed by atoms with Crippen molar-refractivity contribution in [1.29, 1.82) is 0 Å². The third-order valence-corrected chi connectivity index (χ3v) is 4.84. The van der Waals surface area contributed by atoms with Crippen molar-refractivity contribution in [2.24, 2.45) is 0 Å². The van der Waals surface area contributed by atoms with Crippen molar-refractivity contribution in [3.8, 4) is 0 Å². The number of amides is 1. The van der Waals surface area contributed by atoms with Crippen molar-refractivity contribution < 1.29 is 4.79 Å². The first-order valence-corrected chi connectivity index (χ1v) is 7.59. The van der Waals surface area contributed by atoms with E-state index in [2.05, 4.69) is 27.3 Å². The first-order valence-electron chi connectivity index (χ1n) is 5.92. The standard InChI is InChI=1S/C13H16BrNOS/c14-11-6-7-17-12(11)9-15-13(16)8-10-4-2-1-3-5-10/h4,6-7H,1-3,5,8-9H2,(H,15,16). The molecule has 1 N–H and O–H groups in total. The van der Waals surface area contributed by atoms with E-state index in [-0.39, 0.29) is 5.91 Å². The predicted octanol–water partition coefficient (Wildman–Crippen LogP) is 4.02. The fourth-order valence-corrected chi connectivity index (χ4v) is 3.40. The summed E-state index contributed by atoms with van der Waals surface area (Å²) in [5.74, 6) is 0.137. The summed E-state index contributed by atoms with van der Waals surface area (Å²) in [7, 11) is 0. The van der Waals surface area contributed by atoms with Crippen LogP contribution in [0, 0.1) is 0 Å². The number of halogens is 1. The van der Waals surface area contributed by atoms with E-state index in [1.807, 2.05) is 11.4 Å². The molecule has 1 heterocycles. The molecule has 1 aliphatic rings. The molecule has 0 unspecified atom stereocenters. The Labute approximate surface area is 114 Å². The van der Waals surface area contributed by atoms with Crippen LogP contribution in [0.5, 0.6) is 0 Å².